The molecule has 0 spiro atoms. The number of nitrogens with zero attached hydrogens (tertiary/aromatic N) is 2. The zero-order chi connectivity index (χ0) is 23.4. The average molecular weight is 448 g/mol. The van der Waals surface area contributed by atoms with E-state index in [1.807, 2.05) is 36.4 Å². The van der Waals surface area contributed by atoms with Crippen molar-refractivity contribution in [1.29, 1.82) is 0 Å². The Morgan fingerprint density at radius 3 is 2.33 bits per heavy atom. The number of hydrogen-bond donors (Lipinski definition) is 3. The maximum absolute atomic E-state index is 12.5. The van der Waals surface area contributed by atoms with Crippen LogP contribution in [0.1, 0.15) is 40.4 Å². The lowest BCUT2D eigenvalue weighted by atomic mass is 9.98. The molecule has 2 aromatic carbocycles. The highest BCUT2D eigenvalue weighted by atomic mass is 16.5. The highest BCUT2D eigenvalue weighted by molar-refractivity contribution is 6.00. The van der Waals surface area contributed by atoms with Crippen molar-refractivity contribution in [2.24, 2.45) is 7.05 Å². The fraction of sp³-hybridized carbons (Fsp3) is 0.250. The number of aromatic nitrogens is 2. The van der Waals surface area contributed by atoms with Gasteiger partial charge in [0.05, 0.1) is 5.69 Å². The van der Waals surface area contributed by atoms with Crippen LogP contribution in [0.15, 0.2) is 54.7 Å². The lowest BCUT2D eigenvalue weighted by Crippen LogP contribution is -2.27. The van der Waals surface area contributed by atoms with Gasteiger partial charge in [-0.15, -0.1) is 0 Å². The molecule has 9 heteroatoms. The standard InChI is InChI=1S/C24H24N4O5/c1-28-13-20(22(27-28)23(31)25-12-6-11-21(29)30)26-24(32)33-14-19-17-9-4-2-7-15(17)16-8-3-5-10-18(16)19/h2-5,7-10,13,19H,6,11-12,14H2,1H3,(H,25,31)(H,26,32)(H,29,30). The summed E-state index contributed by atoms with van der Waals surface area (Å²) in [6.45, 7) is 0.336. The summed E-state index contributed by atoms with van der Waals surface area (Å²) in [6.07, 6.45) is 1.06. The first-order valence-electron chi connectivity index (χ1n) is 10.6. The van der Waals surface area contributed by atoms with Gasteiger partial charge in [-0.2, -0.15) is 5.10 Å². The summed E-state index contributed by atoms with van der Waals surface area (Å²) in [4.78, 5) is 35.6. The van der Waals surface area contributed by atoms with Crippen LogP contribution in [0, 0.1) is 0 Å². The Morgan fingerprint density at radius 1 is 1.06 bits per heavy atom. The van der Waals surface area contributed by atoms with E-state index in [0.29, 0.717) is 6.42 Å². The molecule has 33 heavy (non-hydrogen) atoms. The smallest absolute Gasteiger partial charge is 0.411 e. The van der Waals surface area contributed by atoms with Crippen molar-refractivity contribution in [3.63, 3.8) is 0 Å². The number of aryl methyl sites for hydroxylation is 1. The first kappa shape index (κ1) is 22.1. The Bertz CT molecular complexity index is 1160. The third-order valence-electron chi connectivity index (χ3n) is 5.48. The number of ether oxygens (including phenoxy) is 1. The molecule has 0 radical (unpaired) electrons. The summed E-state index contributed by atoms with van der Waals surface area (Å²) in [5.74, 6) is -1.51. The third kappa shape index (κ3) is 4.87. The van der Waals surface area contributed by atoms with E-state index in [1.54, 1.807) is 7.05 Å². The summed E-state index contributed by atoms with van der Waals surface area (Å²) in [7, 11) is 1.63. The molecule has 1 aliphatic rings. The summed E-state index contributed by atoms with van der Waals surface area (Å²) >= 11 is 0. The molecule has 2 amide bonds. The second-order valence-corrected chi connectivity index (χ2v) is 7.77. The summed E-state index contributed by atoms with van der Waals surface area (Å²) in [5, 5.41) is 18.0. The molecule has 3 aromatic rings. The van der Waals surface area contributed by atoms with E-state index >= 15 is 0 Å². The van der Waals surface area contributed by atoms with Crippen LogP contribution < -0.4 is 10.6 Å². The Balaban J connectivity index is 1.39. The Kier molecular flexibility index (Phi) is 6.39. The van der Waals surface area contributed by atoms with Gasteiger partial charge in [0.1, 0.15) is 6.61 Å². The number of carbonyl (C=O) groups excluding carboxylic acids is 2. The van der Waals surface area contributed by atoms with Crippen molar-refractivity contribution >= 4 is 23.7 Å². The molecular weight excluding hydrogens is 424 g/mol. The van der Waals surface area contributed by atoms with E-state index < -0.39 is 18.0 Å². The van der Waals surface area contributed by atoms with Crippen molar-refractivity contribution in [2.75, 3.05) is 18.5 Å². The summed E-state index contributed by atoms with van der Waals surface area (Å²) in [6, 6.07) is 16.1. The maximum Gasteiger partial charge on any atom is 0.411 e. The summed E-state index contributed by atoms with van der Waals surface area (Å²) < 4.78 is 6.94. The molecule has 1 aliphatic carbocycles. The van der Waals surface area contributed by atoms with Crippen molar-refractivity contribution < 1.29 is 24.2 Å². The highest BCUT2D eigenvalue weighted by Crippen LogP contribution is 2.44. The van der Waals surface area contributed by atoms with Crippen molar-refractivity contribution in [3.05, 3.63) is 71.5 Å². The van der Waals surface area contributed by atoms with Crippen LogP contribution >= 0.6 is 0 Å². The molecule has 0 aliphatic heterocycles. The molecule has 0 unspecified atom stereocenters. The van der Waals surface area contributed by atoms with Crippen molar-refractivity contribution in [3.8, 4) is 11.1 Å². The topological polar surface area (TPSA) is 123 Å². The van der Waals surface area contributed by atoms with E-state index in [9.17, 15) is 14.4 Å². The number of rotatable bonds is 8. The number of carboxylic acids is 1. The lowest BCUT2D eigenvalue weighted by molar-refractivity contribution is -0.137. The second kappa shape index (κ2) is 9.56. The van der Waals surface area contributed by atoms with Crippen LogP contribution in [-0.2, 0) is 16.6 Å². The monoisotopic (exact) mass is 448 g/mol. The Labute approximate surface area is 190 Å². The van der Waals surface area contributed by atoms with E-state index in [2.05, 4.69) is 27.9 Å². The molecule has 0 atom stereocenters. The van der Waals surface area contributed by atoms with E-state index in [0.717, 1.165) is 22.3 Å². The molecule has 0 saturated carbocycles. The van der Waals surface area contributed by atoms with Gasteiger partial charge in [0.2, 0.25) is 0 Å². The van der Waals surface area contributed by atoms with E-state index in [1.165, 1.54) is 10.9 Å². The normalized spacial score (nSPS) is 12.0. The van der Waals surface area contributed by atoms with Gasteiger partial charge >= 0.3 is 12.1 Å². The molecule has 1 aromatic heterocycles. The van der Waals surface area contributed by atoms with Crippen LogP contribution in [0.5, 0.6) is 0 Å². The molecule has 0 saturated heterocycles. The quantitative estimate of drug-likeness (QED) is 0.454. The first-order chi connectivity index (χ1) is 15.9. The number of anilines is 1. The zero-order valence-corrected chi connectivity index (χ0v) is 18.1. The number of benzene rings is 2. The van der Waals surface area contributed by atoms with Crippen LogP contribution in [0.2, 0.25) is 0 Å². The Morgan fingerprint density at radius 2 is 1.70 bits per heavy atom. The largest absolute Gasteiger partial charge is 0.481 e. The van der Waals surface area contributed by atoms with Gasteiger partial charge in [0, 0.05) is 32.1 Å². The molecule has 4 rings (SSSR count). The molecule has 0 bridgehead atoms. The molecule has 1 heterocycles. The summed E-state index contributed by atoms with van der Waals surface area (Å²) in [5.41, 5.74) is 4.72. The van der Waals surface area contributed by atoms with E-state index in [-0.39, 0.29) is 36.9 Å². The third-order valence-corrected chi connectivity index (χ3v) is 5.48. The minimum atomic E-state index is -0.931. The van der Waals surface area contributed by atoms with Gasteiger partial charge in [-0.1, -0.05) is 48.5 Å². The predicted octanol–water partition coefficient (Wildman–Crippen LogP) is 3.38. The fourth-order valence-electron chi connectivity index (χ4n) is 4.02. The minimum Gasteiger partial charge on any atom is -0.481 e. The van der Waals surface area contributed by atoms with Crippen molar-refractivity contribution in [1.82, 2.24) is 15.1 Å². The van der Waals surface area contributed by atoms with Gasteiger partial charge in [-0.25, -0.2) is 4.79 Å². The molecular formula is C24H24N4O5. The average Bonchev–Trinajstić information content (AvgIpc) is 3.32. The second-order valence-electron chi connectivity index (χ2n) is 7.77. The highest BCUT2D eigenvalue weighted by Gasteiger charge is 2.29. The predicted molar refractivity (Wildman–Crippen MR) is 121 cm³/mol. The van der Waals surface area contributed by atoms with Crippen molar-refractivity contribution in [2.45, 2.75) is 18.8 Å². The SMILES string of the molecule is Cn1cc(NC(=O)OCC2c3ccccc3-c3ccccc32)c(C(=O)NCCCC(=O)O)n1. The number of fused-ring (bicyclic) bond motifs is 3. The Hall–Kier alpha value is -4.14. The number of carbonyl (C=O) groups is 3. The van der Waals surface area contributed by atoms with E-state index in [4.69, 9.17) is 9.84 Å². The van der Waals surface area contributed by atoms with Crippen LogP contribution in [0.4, 0.5) is 10.5 Å². The van der Waals surface area contributed by atoms with Gasteiger partial charge in [-0.05, 0) is 28.7 Å². The number of amides is 2. The molecule has 0 fully saturated rings. The number of aliphatic carboxylic acids is 1. The van der Waals surface area contributed by atoms with Crippen LogP contribution in [0.3, 0.4) is 0 Å². The van der Waals surface area contributed by atoms with Gasteiger partial charge in [-0.3, -0.25) is 19.6 Å². The molecule has 9 nitrogen and oxygen atoms in total. The molecule has 170 valence electrons. The van der Waals surface area contributed by atoms with Crippen LogP contribution in [0.25, 0.3) is 11.1 Å². The minimum absolute atomic E-state index is 0.0290. The van der Waals surface area contributed by atoms with Gasteiger partial charge < -0.3 is 15.2 Å². The fourth-order valence-corrected chi connectivity index (χ4v) is 4.02. The number of hydrogen-bond acceptors (Lipinski definition) is 5. The lowest BCUT2D eigenvalue weighted by Gasteiger charge is -2.14. The molecule has 3 N–H and O–H groups in total. The number of nitrogens with one attached hydrogen (secondary N) is 2. The maximum atomic E-state index is 12.5. The van der Waals surface area contributed by atoms with Gasteiger partial charge in [0.15, 0.2) is 5.69 Å². The first-order valence-corrected chi connectivity index (χ1v) is 10.6. The van der Waals surface area contributed by atoms with Crippen LogP contribution in [-0.4, -0.2) is 46.0 Å². The zero-order valence-electron chi connectivity index (χ0n) is 18.1. The van der Waals surface area contributed by atoms with Gasteiger partial charge in [0.25, 0.3) is 5.91 Å². The number of carboxylic acid groups (broad SMARTS) is 1.